The molecule has 96 valence electrons. The number of likely N-dealkylation sites (N-methyl/N-ethyl adjacent to an activating group) is 1. The van der Waals surface area contributed by atoms with E-state index >= 15 is 0 Å². The summed E-state index contributed by atoms with van der Waals surface area (Å²) < 4.78 is 2.12. The average molecular weight is 263 g/mol. The predicted octanol–water partition coefficient (Wildman–Crippen LogP) is 2.17. The fourth-order valence-electron chi connectivity index (χ4n) is 1.92. The van der Waals surface area contributed by atoms with Gasteiger partial charge in [0.1, 0.15) is 0 Å². The van der Waals surface area contributed by atoms with Gasteiger partial charge in [0.25, 0.3) is 5.91 Å². The zero-order chi connectivity index (χ0) is 13.4. The van der Waals surface area contributed by atoms with Gasteiger partial charge in [-0.05, 0) is 43.3 Å². The van der Waals surface area contributed by atoms with Crippen LogP contribution in [0.25, 0.3) is 6.08 Å². The van der Waals surface area contributed by atoms with Crippen LogP contribution in [0.3, 0.4) is 0 Å². The third-order valence-electron chi connectivity index (χ3n) is 3.30. The van der Waals surface area contributed by atoms with Crippen LogP contribution in [0.15, 0.2) is 16.0 Å². The van der Waals surface area contributed by atoms with Crippen molar-refractivity contribution < 1.29 is 4.79 Å². The number of rotatable bonds is 1. The first kappa shape index (κ1) is 13.0. The first-order valence-corrected chi connectivity index (χ1v) is 6.54. The molecule has 0 aromatic carbocycles. The monoisotopic (exact) mass is 263 g/mol. The molecule has 1 aliphatic heterocycles. The van der Waals surface area contributed by atoms with Crippen molar-refractivity contribution in [1.82, 2.24) is 9.47 Å². The number of thioether (sulfide) groups is 1. The van der Waals surface area contributed by atoms with Crippen LogP contribution in [0.4, 0.5) is 0 Å². The lowest BCUT2D eigenvalue weighted by Crippen LogP contribution is -2.23. The molecule has 0 bridgehead atoms. The Balaban J connectivity index is 2.41. The highest BCUT2D eigenvalue weighted by Crippen LogP contribution is 2.32. The van der Waals surface area contributed by atoms with Gasteiger partial charge in [0.2, 0.25) is 0 Å². The van der Waals surface area contributed by atoms with Crippen LogP contribution in [-0.4, -0.2) is 34.6 Å². The van der Waals surface area contributed by atoms with Gasteiger partial charge in [-0.3, -0.25) is 14.7 Å². The highest BCUT2D eigenvalue weighted by molar-refractivity contribution is 8.18. The Morgan fingerprint density at radius 2 is 2.00 bits per heavy atom. The summed E-state index contributed by atoms with van der Waals surface area (Å²) in [5.74, 6) is 0.0153. The normalized spacial score (nSPS) is 20.5. The molecule has 0 spiro atoms. The molecule has 1 aliphatic rings. The van der Waals surface area contributed by atoms with Crippen molar-refractivity contribution >= 4 is 28.9 Å². The summed E-state index contributed by atoms with van der Waals surface area (Å²) in [5, 5.41) is 0.747. The maximum Gasteiger partial charge on any atom is 0.266 e. The number of hydrogen-bond donors (Lipinski definition) is 0. The van der Waals surface area contributed by atoms with E-state index in [2.05, 4.69) is 29.5 Å². The van der Waals surface area contributed by atoms with E-state index < -0.39 is 0 Å². The molecule has 4 nitrogen and oxygen atoms in total. The number of aliphatic imine (C=N–C) groups is 1. The van der Waals surface area contributed by atoms with E-state index in [9.17, 15) is 4.79 Å². The molecule has 18 heavy (non-hydrogen) atoms. The predicted molar refractivity (Wildman–Crippen MR) is 76.6 cm³/mol. The number of amidine groups is 1. The number of aromatic nitrogens is 1. The fraction of sp³-hybridized carbons (Fsp3) is 0.385. The van der Waals surface area contributed by atoms with Crippen molar-refractivity contribution in [1.29, 1.82) is 0 Å². The smallest absolute Gasteiger partial charge is 0.266 e. The molecule has 1 fully saturated rings. The SMILES string of the molecule is CN=C1S/C(=C\c2cc(C)n(C)c2C)C(=O)N1C. The molecule has 0 atom stereocenters. The van der Waals surface area contributed by atoms with E-state index in [0.717, 1.165) is 21.3 Å². The van der Waals surface area contributed by atoms with Gasteiger partial charge in [0.05, 0.1) is 4.91 Å². The van der Waals surface area contributed by atoms with Gasteiger partial charge in [-0.15, -0.1) is 0 Å². The summed E-state index contributed by atoms with van der Waals surface area (Å²) in [6, 6.07) is 2.09. The largest absolute Gasteiger partial charge is 0.352 e. The zero-order valence-electron chi connectivity index (χ0n) is 11.3. The molecule has 1 aromatic heterocycles. The molecule has 2 heterocycles. The summed E-state index contributed by atoms with van der Waals surface area (Å²) in [6.45, 7) is 4.12. The standard InChI is InChI=1S/C13H17N3OS/c1-8-6-10(9(2)15(8)4)7-11-12(17)16(5)13(14-3)18-11/h6-7H,1-5H3/b11-7-,14-13?. The molecule has 0 aliphatic carbocycles. The quantitative estimate of drug-likeness (QED) is 0.728. The van der Waals surface area contributed by atoms with Crippen LogP contribution in [0.5, 0.6) is 0 Å². The molecule has 0 N–H and O–H groups in total. The van der Waals surface area contributed by atoms with Crippen molar-refractivity contribution in [3.05, 3.63) is 27.9 Å². The van der Waals surface area contributed by atoms with Crippen LogP contribution in [-0.2, 0) is 11.8 Å². The summed E-state index contributed by atoms with van der Waals surface area (Å²) >= 11 is 1.42. The van der Waals surface area contributed by atoms with E-state index in [1.54, 1.807) is 19.0 Å². The summed E-state index contributed by atoms with van der Waals surface area (Å²) in [7, 11) is 5.48. The molecule has 0 saturated carbocycles. The van der Waals surface area contributed by atoms with Crippen molar-refractivity contribution in [2.75, 3.05) is 14.1 Å². The molecule has 1 amide bonds. The molecule has 1 aromatic rings. The average Bonchev–Trinajstić information content (AvgIpc) is 2.75. The lowest BCUT2D eigenvalue weighted by molar-refractivity contribution is -0.121. The Morgan fingerprint density at radius 1 is 1.33 bits per heavy atom. The van der Waals surface area contributed by atoms with Crippen molar-refractivity contribution in [3.63, 3.8) is 0 Å². The zero-order valence-corrected chi connectivity index (χ0v) is 12.1. The van der Waals surface area contributed by atoms with Gasteiger partial charge < -0.3 is 4.57 Å². The Kier molecular flexibility index (Phi) is 3.34. The number of carbonyl (C=O) groups excluding carboxylic acids is 1. The lowest BCUT2D eigenvalue weighted by Gasteiger charge is -2.05. The number of amides is 1. The first-order valence-electron chi connectivity index (χ1n) is 5.73. The van der Waals surface area contributed by atoms with Crippen molar-refractivity contribution in [2.45, 2.75) is 13.8 Å². The maximum atomic E-state index is 12.0. The van der Waals surface area contributed by atoms with Gasteiger partial charge in [-0.25, -0.2) is 0 Å². The Labute approximate surface area is 111 Å². The van der Waals surface area contributed by atoms with Crippen LogP contribution in [0.2, 0.25) is 0 Å². The van der Waals surface area contributed by atoms with Crippen LogP contribution < -0.4 is 0 Å². The second-order valence-corrected chi connectivity index (χ2v) is 5.38. The topological polar surface area (TPSA) is 37.6 Å². The number of nitrogens with zero attached hydrogens (tertiary/aromatic N) is 3. The molecule has 0 unspecified atom stereocenters. The second-order valence-electron chi connectivity index (χ2n) is 4.37. The highest BCUT2D eigenvalue weighted by Gasteiger charge is 2.29. The van der Waals surface area contributed by atoms with Crippen LogP contribution in [0, 0.1) is 13.8 Å². The fourth-order valence-corrected chi connectivity index (χ4v) is 2.84. The number of carbonyl (C=O) groups is 1. The number of hydrogen-bond acceptors (Lipinski definition) is 3. The van der Waals surface area contributed by atoms with Gasteiger partial charge in [0.15, 0.2) is 5.17 Å². The number of aryl methyl sites for hydroxylation is 1. The molecular formula is C13H17N3OS. The van der Waals surface area contributed by atoms with E-state index in [1.165, 1.54) is 17.5 Å². The van der Waals surface area contributed by atoms with Crippen molar-refractivity contribution in [3.8, 4) is 0 Å². The second kappa shape index (κ2) is 4.65. The highest BCUT2D eigenvalue weighted by atomic mass is 32.2. The van der Waals surface area contributed by atoms with Gasteiger partial charge >= 0.3 is 0 Å². The van der Waals surface area contributed by atoms with Crippen molar-refractivity contribution in [2.24, 2.45) is 12.0 Å². The van der Waals surface area contributed by atoms with Crippen LogP contribution >= 0.6 is 11.8 Å². The Bertz CT molecular complexity index is 569. The van der Waals surface area contributed by atoms with E-state index in [4.69, 9.17) is 0 Å². The molecule has 5 heteroatoms. The first-order chi connectivity index (χ1) is 8.45. The summed E-state index contributed by atoms with van der Waals surface area (Å²) in [4.78, 5) is 18.4. The minimum Gasteiger partial charge on any atom is -0.352 e. The van der Waals surface area contributed by atoms with Gasteiger partial charge in [-0.2, -0.15) is 0 Å². The summed E-state index contributed by atoms with van der Waals surface area (Å²) in [6.07, 6.45) is 1.95. The minimum atomic E-state index is 0.0153. The maximum absolute atomic E-state index is 12.0. The minimum absolute atomic E-state index is 0.0153. The Hall–Kier alpha value is -1.49. The lowest BCUT2D eigenvalue weighted by atomic mass is 10.2. The molecular weight excluding hydrogens is 246 g/mol. The molecule has 1 saturated heterocycles. The Morgan fingerprint density at radius 3 is 2.44 bits per heavy atom. The summed E-state index contributed by atoms with van der Waals surface area (Å²) in [5.41, 5.74) is 3.45. The molecule has 0 radical (unpaired) electrons. The van der Waals surface area contributed by atoms with Crippen LogP contribution in [0.1, 0.15) is 17.0 Å². The third kappa shape index (κ3) is 1.99. The van der Waals surface area contributed by atoms with E-state index in [-0.39, 0.29) is 5.91 Å². The van der Waals surface area contributed by atoms with Gasteiger partial charge in [-0.1, -0.05) is 0 Å². The van der Waals surface area contributed by atoms with E-state index in [1.807, 2.05) is 13.1 Å². The third-order valence-corrected chi connectivity index (χ3v) is 4.45. The van der Waals surface area contributed by atoms with Gasteiger partial charge in [0, 0.05) is 32.5 Å². The molecule has 2 rings (SSSR count). The van der Waals surface area contributed by atoms with E-state index in [0.29, 0.717) is 0 Å².